The third kappa shape index (κ3) is 1.78. The molecule has 3 heteroatoms. The van der Waals surface area contributed by atoms with E-state index >= 15 is 0 Å². The minimum Gasteiger partial charge on any atom is -0.150 e. The first-order chi connectivity index (χ1) is 4.34. The highest BCUT2D eigenvalue weighted by atomic mass is 32.1. The van der Waals surface area contributed by atoms with E-state index in [4.69, 9.17) is 0 Å². The molecule has 0 aliphatic carbocycles. The van der Waals surface area contributed by atoms with Gasteiger partial charge in [0.25, 0.3) is 0 Å². The third-order valence-electron chi connectivity index (χ3n) is 0.996. The Bertz CT molecular complexity index is 191. The molecule has 46 valence electrons. The van der Waals surface area contributed by atoms with Crippen LogP contribution < -0.4 is 0 Å². The quantitative estimate of drug-likeness (QED) is 0.435. The average molecular weight is 170 g/mol. The molecule has 0 amide bonds. The zero-order valence-corrected chi connectivity index (χ0v) is 7.49. The number of allylic oxidation sites excluding steroid dienone is 3. The molecule has 1 aliphatic rings. The average Bonchev–Trinajstić information content (AvgIpc) is 2.37. The molecule has 0 N–H and O–H groups in total. The van der Waals surface area contributed by atoms with Gasteiger partial charge in [-0.1, -0.05) is 17.9 Å². The third-order valence-corrected chi connectivity index (χ3v) is 3.14. The lowest BCUT2D eigenvalue weighted by Gasteiger charge is -1.95. The van der Waals surface area contributed by atoms with E-state index in [1.165, 1.54) is 5.20 Å². The van der Waals surface area contributed by atoms with Crippen LogP contribution in [0.3, 0.4) is 0 Å². The second-order valence-corrected chi connectivity index (χ2v) is 3.50. The maximum Gasteiger partial charge on any atom is 0.113 e. The molecule has 0 aromatic rings. The highest BCUT2D eigenvalue weighted by Crippen LogP contribution is 2.16. The fourth-order valence-corrected chi connectivity index (χ4v) is 1.87. The Morgan fingerprint density at radius 1 is 1.67 bits per heavy atom. The molecule has 2 radical (unpaired) electrons. The molecule has 1 rings (SSSR count). The SMILES string of the molecule is S/C=C(\S)C1=CC=C[Si]1. The van der Waals surface area contributed by atoms with Crippen LogP contribution in [-0.2, 0) is 0 Å². The first kappa shape index (κ1) is 7.25. The van der Waals surface area contributed by atoms with Crippen LogP contribution in [0, 0.1) is 0 Å². The van der Waals surface area contributed by atoms with Crippen molar-refractivity contribution in [3.05, 3.63) is 33.4 Å². The Kier molecular flexibility index (Phi) is 2.69. The minimum atomic E-state index is 0.774. The molecule has 0 aromatic heterocycles. The van der Waals surface area contributed by atoms with E-state index in [1.54, 1.807) is 5.41 Å². The molecule has 0 saturated heterocycles. The molecular weight excluding hydrogens is 164 g/mol. The van der Waals surface area contributed by atoms with Crippen molar-refractivity contribution in [3.8, 4) is 0 Å². The Hall–Kier alpha value is 0.137. The van der Waals surface area contributed by atoms with Crippen molar-refractivity contribution in [2.24, 2.45) is 0 Å². The maximum atomic E-state index is 4.21. The summed E-state index contributed by atoms with van der Waals surface area (Å²) in [6.45, 7) is 0. The van der Waals surface area contributed by atoms with Gasteiger partial charge in [-0.05, 0) is 10.6 Å². The van der Waals surface area contributed by atoms with Gasteiger partial charge < -0.3 is 0 Å². The lowest BCUT2D eigenvalue weighted by molar-refractivity contribution is 1.88. The van der Waals surface area contributed by atoms with E-state index < -0.39 is 0 Å². The largest absolute Gasteiger partial charge is 0.150 e. The molecule has 9 heavy (non-hydrogen) atoms. The number of hydrogen-bond donors (Lipinski definition) is 2. The van der Waals surface area contributed by atoms with E-state index in [1.807, 2.05) is 6.08 Å². The van der Waals surface area contributed by atoms with Gasteiger partial charge in [0.1, 0.15) is 9.52 Å². The summed E-state index contributed by atoms with van der Waals surface area (Å²) in [5.74, 6) is 0. The molecule has 0 nitrogen and oxygen atoms in total. The molecule has 0 saturated carbocycles. The van der Waals surface area contributed by atoms with Gasteiger partial charge >= 0.3 is 0 Å². The lowest BCUT2D eigenvalue weighted by Crippen LogP contribution is -1.86. The van der Waals surface area contributed by atoms with Crippen molar-refractivity contribution in [2.45, 2.75) is 0 Å². The summed E-state index contributed by atoms with van der Waals surface area (Å²) < 4.78 is 0. The molecule has 0 spiro atoms. The van der Waals surface area contributed by atoms with Crippen LogP contribution in [0.5, 0.6) is 0 Å². The van der Waals surface area contributed by atoms with Crippen molar-refractivity contribution < 1.29 is 0 Å². The second kappa shape index (κ2) is 3.34. The summed E-state index contributed by atoms with van der Waals surface area (Å²) in [6.07, 6.45) is 4.11. The standard InChI is InChI=1S/C6H6S2Si/c7-4-5(8)6-2-1-3-9-6/h1-4,7-8H/b5-4-. The topological polar surface area (TPSA) is 0 Å². The van der Waals surface area contributed by atoms with Crippen LogP contribution >= 0.6 is 25.3 Å². The molecule has 0 bridgehead atoms. The zero-order chi connectivity index (χ0) is 6.69. The van der Waals surface area contributed by atoms with E-state index in [2.05, 4.69) is 37.0 Å². The Balaban J connectivity index is 2.66. The van der Waals surface area contributed by atoms with Gasteiger partial charge in [-0.25, -0.2) is 0 Å². The van der Waals surface area contributed by atoms with Gasteiger partial charge in [0, 0.05) is 4.91 Å². The normalized spacial score (nSPS) is 18.4. The number of thiol groups is 2. The van der Waals surface area contributed by atoms with Gasteiger partial charge in [0.15, 0.2) is 0 Å². The zero-order valence-electron chi connectivity index (χ0n) is 4.70. The van der Waals surface area contributed by atoms with Gasteiger partial charge in [-0.15, -0.1) is 12.6 Å². The van der Waals surface area contributed by atoms with E-state index in [0.29, 0.717) is 0 Å². The number of hydrogen-bond acceptors (Lipinski definition) is 2. The van der Waals surface area contributed by atoms with Crippen LogP contribution in [-0.4, -0.2) is 9.52 Å². The summed E-state index contributed by atoms with van der Waals surface area (Å²) in [7, 11) is 0.774. The molecule has 1 aliphatic heterocycles. The van der Waals surface area contributed by atoms with Gasteiger partial charge in [0.05, 0.1) is 0 Å². The molecule has 1 heterocycles. The Labute approximate surface area is 68.4 Å². The highest BCUT2D eigenvalue weighted by molar-refractivity contribution is 7.88. The van der Waals surface area contributed by atoms with Crippen LogP contribution in [0.15, 0.2) is 33.4 Å². The predicted octanol–water partition coefficient (Wildman–Crippen LogP) is 1.80. The summed E-state index contributed by atoms with van der Waals surface area (Å²) in [5.41, 5.74) is 2.13. The Morgan fingerprint density at radius 3 is 2.89 bits per heavy atom. The van der Waals surface area contributed by atoms with E-state index in [-0.39, 0.29) is 0 Å². The predicted molar refractivity (Wildman–Crippen MR) is 49.0 cm³/mol. The van der Waals surface area contributed by atoms with Crippen LogP contribution in [0.4, 0.5) is 0 Å². The van der Waals surface area contributed by atoms with E-state index in [9.17, 15) is 0 Å². The molecular formula is C6H6S2Si. The highest BCUT2D eigenvalue weighted by Gasteiger charge is 2.01. The summed E-state index contributed by atoms with van der Waals surface area (Å²) in [5, 5.41) is 2.99. The van der Waals surface area contributed by atoms with E-state index in [0.717, 1.165) is 14.4 Å². The van der Waals surface area contributed by atoms with Crippen molar-refractivity contribution in [1.29, 1.82) is 0 Å². The molecule has 0 fully saturated rings. The van der Waals surface area contributed by atoms with Gasteiger partial charge in [-0.3, -0.25) is 0 Å². The molecule has 0 aromatic carbocycles. The number of rotatable bonds is 1. The molecule has 0 unspecified atom stereocenters. The van der Waals surface area contributed by atoms with Crippen LogP contribution in [0.25, 0.3) is 0 Å². The van der Waals surface area contributed by atoms with Crippen molar-refractivity contribution in [3.63, 3.8) is 0 Å². The summed E-state index contributed by atoms with van der Waals surface area (Å²) >= 11 is 8.20. The Morgan fingerprint density at radius 2 is 2.44 bits per heavy atom. The summed E-state index contributed by atoms with van der Waals surface area (Å²) in [6, 6.07) is 0. The fraction of sp³-hybridized carbons (Fsp3) is 0. The van der Waals surface area contributed by atoms with Gasteiger partial charge in [-0.2, -0.15) is 12.6 Å². The monoisotopic (exact) mass is 170 g/mol. The van der Waals surface area contributed by atoms with Crippen molar-refractivity contribution in [1.82, 2.24) is 0 Å². The minimum absolute atomic E-state index is 0.774. The summed E-state index contributed by atoms with van der Waals surface area (Å²) in [4.78, 5) is 0.974. The first-order valence-electron chi connectivity index (χ1n) is 2.51. The lowest BCUT2D eigenvalue weighted by atomic mass is 10.5. The van der Waals surface area contributed by atoms with Gasteiger partial charge in [0.2, 0.25) is 0 Å². The van der Waals surface area contributed by atoms with Crippen molar-refractivity contribution >= 4 is 34.8 Å². The fourth-order valence-electron chi connectivity index (χ4n) is 0.559. The first-order valence-corrected chi connectivity index (χ1v) is 4.56. The van der Waals surface area contributed by atoms with Crippen LogP contribution in [0.2, 0.25) is 0 Å². The van der Waals surface area contributed by atoms with Crippen LogP contribution in [0.1, 0.15) is 0 Å². The molecule has 0 atom stereocenters. The van der Waals surface area contributed by atoms with Crippen molar-refractivity contribution in [2.75, 3.05) is 0 Å². The smallest absolute Gasteiger partial charge is 0.113 e. The maximum absolute atomic E-state index is 4.21. The second-order valence-electron chi connectivity index (χ2n) is 1.60.